The quantitative estimate of drug-likeness (QED) is 0.907. The van der Waals surface area contributed by atoms with Gasteiger partial charge in [-0.2, -0.15) is 0 Å². The number of pyridine rings is 1. The van der Waals surface area contributed by atoms with Crippen LogP contribution in [0.5, 0.6) is 0 Å². The van der Waals surface area contributed by atoms with Crippen molar-refractivity contribution in [2.45, 2.75) is 6.54 Å². The fourth-order valence-corrected chi connectivity index (χ4v) is 2.50. The van der Waals surface area contributed by atoms with Crippen LogP contribution < -0.4 is 10.2 Å². The number of hydrogen-bond acceptors (Lipinski definition) is 4. The predicted octanol–water partition coefficient (Wildman–Crippen LogP) is 0.810. The molecule has 1 aliphatic rings. The van der Waals surface area contributed by atoms with E-state index in [4.69, 9.17) is 0 Å². The Labute approximate surface area is 129 Å². The van der Waals surface area contributed by atoms with Crippen LogP contribution in [0.1, 0.15) is 0 Å². The van der Waals surface area contributed by atoms with Gasteiger partial charge in [0.2, 0.25) is 0 Å². The van der Waals surface area contributed by atoms with E-state index in [9.17, 15) is 4.79 Å². The number of nitrogens with one attached hydrogen (secondary N) is 1. The highest BCUT2D eigenvalue weighted by Gasteiger charge is 2.21. The van der Waals surface area contributed by atoms with Crippen molar-refractivity contribution in [3.63, 3.8) is 0 Å². The summed E-state index contributed by atoms with van der Waals surface area (Å²) in [5.41, 5.74) is 0. The lowest BCUT2D eigenvalue weighted by Crippen LogP contribution is -2.52. The highest BCUT2D eigenvalue weighted by Crippen LogP contribution is 2.12. The van der Waals surface area contributed by atoms with Crippen molar-refractivity contribution < 1.29 is 4.79 Å². The van der Waals surface area contributed by atoms with Gasteiger partial charge in [-0.1, -0.05) is 6.07 Å². The van der Waals surface area contributed by atoms with Crippen LogP contribution in [0, 0.1) is 0 Å². The van der Waals surface area contributed by atoms with Crippen molar-refractivity contribution in [2.24, 2.45) is 0 Å². The van der Waals surface area contributed by atoms with Gasteiger partial charge < -0.3 is 19.7 Å². The first-order valence-corrected chi connectivity index (χ1v) is 7.47. The number of urea groups is 1. The summed E-state index contributed by atoms with van der Waals surface area (Å²) in [6.07, 6.45) is 7.17. The zero-order chi connectivity index (χ0) is 15.2. The van der Waals surface area contributed by atoms with E-state index in [1.54, 1.807) is 18.7 Å². The largest absolute Gasteiger partial charge is 0.353 e. The maximum atomic E-state index is 12.1. The fraction of sp³-hybridized carbons (Fsp3) is 0.400. The molecule has 0 aliphatic carbocycles. The van der Waals surface area contributed by atoms with Gasteiger partial charge in [0, 0.05) is 57.9 Å². The summed E-state index contributed by atoms with van der Waals surface area (Å²) < 4.78 is 1.94. The minimum atomic E-state index is 0.000728. The van der Waals surface area contributed by atoms with Crippen LogP contribution in [0.4, 0.5) is 10.6 Å². The smallest absolute Gasteiger partial charge is 0.317 e. The second-order valence-electron chi connectivity index (χ2n) is 5.19. The van der Waals surface area contributed by atoms with Gasteiger partial charge in [0.05, 0.1) is 6.33 Å². The van der Waals surface area contributed by atoms with Crippen molar-refractivity contribution >= 4 is 11.8 Å². The van der Waals surface area contributed by atoms with Crippen molar-refractivity contribution in [3.8, 4) is 0 Å². The van der Waals surface area contributed by atoms with Gasteiger partial charge >= 0.3 is 6.03 Å². The Hall–Kier alpha value is -2.57. The molecule has 1 saturated heterocycles. The molecule has 3 heterocycles. The molecule has 0 aromatic carbocycles. The van der Waals surface area contributed by atoms with E-state index in [1.165, 1.54) is 0 Å². The number of carbonyl (C=O) groups excluding carboxylic acids is 1. The number of imidazole rings is 1. The first-order chi connectivity index (χ1) is 10.8. The minimum Gasteiger partial charge on any atom is -0.353 e. The summed E-state index contributed by atoms with van der Waals surface area (Å²) in [4.78, 5) is 24.5. The molecule has 0 atom stereocenters. The topological polar surface area (TPSA) is 66.3 Å². The van der Waals surface area contributed by atoms with Crippen LogP contribution >= 0.6 is 0 Å². The number of nitrogens with zero attached hydrogens (tertiary/aromatic N) is 5. The third kappa shape index (κ3) is 3.55. The van der Waals surface area contributed by atoms with E-state index < -0.39 is 0 Å². The standard InChI is InChI=1S/C15H20N6O/c22-15(18-6-8-19-7-5-16-13-19)21-11-9-20(10-12-21)14-3-1-2-4-17-14/h1-5,7,13H,6,8-12H2,(H,18,22). The molecular formula is C15H20N6O. The highest BCUT2D eigenvalue weighted by atomic mass is 16.2. The SMILES string of the molecule is O=C(NCCn1ccnc1)N1CCN(c2ccccn2)CC1. The Morgan fingerprint density at radius 2 is 2.05 bits per heavy atom. The van der Waals surface area contributed by atoms with Crippen molar-refractivity contribution in [1.29, 1.82) is 0 Å². The van der Waals surface area contributed by atoms with E-state index in [0.29, 0.717) is 19.6 Å². The lowest BCUT2D eigenvalue weighted by atomic mass is 10.3. The number of aromatic nitrogens is 3. The molecule has 7 heteroatoms. The van der Waals surface area contributed by atoms with E-state index in [2.05, 4.69) is 20.2 Å². The van der Waals surface area contributed by atoms with E-state index in [-0.39, 0.29) is 6.03 Å². The highest BCUT2D eigenvalue weighted by molar-refractivity contribution is 5.74. The van der Waals surface area contributed by atoms with Gasteiger partial charge in [-0.15, -0.1) is 0 Å². The predicted molar refractivity (Wildman–Crippen MR) is 83.6 cm³/mol. The maximum absolute atomic E-state index is 12.1. The summed E-state index contributed by atoms with van der Waals surface area (Å²) in [6, 6.07) is 5.90. The fourth-order valence-electron chi connectivity index (χ4n) is 2.50. The average Bonchev–Trinajstić information content (AvgIpc) is 3.09. The lowest BCUT2D eigenvalue weighted by Gasteiger charge is -2.35. The minimum absolute atomic E-state index is 0.000728. The van der Waals surface area contributed by atoms with E-state index >= 15 is 0 Å². The van der Waals surface area contributed by atoms with E-state index in [0.717, 1.165) is 25.5 Å². The Morgan fingerprint density at radius 1 is 1.18 bits per heavy atom. The third-order valence-corrected chi connectivity index (χ3v) is 3.75. The molecule has 0 unspecified atom stereocenters. The second kappa shape index (κ2) is 6.93. The van der Waals surface area contributed by atoms with Crippen LogP contribution in [0.15, 0.2) is 43.1 Å². The summed E-state index contributed by atoms with van der Waals surface area (Å²) in [7, 11) is 0. The molecule has 116 valence electrons. The number of hydrogen-bond donors (Lipinski definition) is 1. The average molecular weight is 300 g/mol. The Balaban J connectivity index is 1.42. The van der Waals surface area contributed by atoms with Gasteiger partial charge in [-0.3, -0.25) is 0 Å². The second-order valence-corrected chi connectivity index (χ2v) is 5.19. The third-order valence-electron chi connectivity index (χ3n) is 3.75. The van der Waals surface area contributed by atoms with Crippen LogP contribution in [0.25, 0.3) is 0 Å². The van der Waals surface area contributed by atoms with Crippen molar-refractivity contribution in [2.75, 3.05) is 37.6 Å². The Kier molecular flexibility index (Phi) is 4.53. The van der Waals surface area contributed by atoms with Crippen molar-refractivity contribution in [1.82, 2.24) is 24.8 Å². The van der Waals surface area contributed by atoms with Crippen LogP contribution in [0.2, 0.25) is 0 Å². The molecule has 2 aromatic rings. The Bertz CT molecular complexity index is 577. The van der Waals surface area contributed by atoms with E-state index in [1.807, 2.05) is 33.9 Å². The number of anilines is 1. The molecule has 0 saturated carbocycles. The van der Waals surface area contributed by atoms with Crippen LogP contribution in [-0.4, -0.2) is 58.2 Å². The first kappa shape index (κ1) is 14.4. The summed E-state index contributed by atoms with van der Waals surface area (Å²) >= 11 is 0. The van der Waals surface area contributed by atoms with Gasteiger partial charge in [0.25, 0.3) is 0 Å². The van der Waals surface area contributed by atoms with Crippen molar-refractivity contribution in [3.05, 3.63) is 43.1 Å². The summed E-state index contributed by atoms with van der Waals surface area (Å²) in [6.45, 7) is 4.40. The molecule has 0 bridgehead atoms. The van der Waals surface area contributed by atoms with Gasteiger partial charge in [0.1, 0.15) is 5.82 Å². The number of amides is 2. The first-order valence-electron chi connectivity index (χ1n) is 7.47. The molecular weight excluding hydrogens is 280 g/mol. The molecule has 2 aromatic heterocycles. The Morgan fingerprint density at radius 3 is 2.73 bits per heavy atom. The number of piperazine rings is 1. The van der Waals surface area contributed by atoms with Gasteiger partial charge in [-0.25, -0.2) is 14.8 Å². The number of rotatable bonds is 4. The number of carbonyl (C=O) groups is 1. The van der Waals surface area contributed by atoms with Gasteiger partial charge in [-0.05, 0) is 12.1 Å². The lowest BCUT2D eigenvalue weighted by molar-refractivity contribution is 0.194. The molecule has 1 N–H and O–H groups in total. The molecule has 0 spiro atoms. The molecule has 1 fully saturated rings. The monoisotopic (exact) mass is 300 g/mol. The maximum Gasteiger partial charge on any atom is 0.317 e. The van der Waals surface area contributed by atoms with Crippen LogP contribution in [-0.2, 0) is 6.54 Å². The molecule has 3 rings (SSSR count). The van der Waals surface area contributed by atoms with Crippen LogP contribution in [0.3, 0.4) is 0 Å². The van der Waals surface area contributed by atoms with Gasteiger partial charge in [0.15, 0.2) is 0 Å². The summed E-state index contributed by atoms with van der Waals surface area (Å²) in [5, 5.41) is 2.95. The molecule has 0 radical (unpaired) electrons. The summed E-state index contributed by atoms with van der Waals surface area (Å²) in [5.74, 6) is 0.975. The molecule has 2 amide bonds. The zero-order valence-electron chi connectivity index (χ0n) is 12.4. The molecule has 7 nitrogen and oxygen atoms in total. The normalized spacial score (nSPS) is 14.9. The zero-order valence-corrected chi connectivity index (χ0v) is 12.4. The molecule has 22 heavy (non-hydrogen) atoms. The molecule has 1 aliphatic heterocycles.